The highest BCUT2D eigenvalue weighted by atomic mass is 32.1. The van der Waals surface area contributed by atoms with Gasteiger partial charge in [0.05, 0.1) is 0 Å². The summed E-state index contributed by atoms with van der Waals surface area (Å²) < 4.78 is 0. The molecule has 84 valence electrons. The lowest BCUT2D eigenvalue weighted by atomic mass is 10.2. The largest absolute Gasteiger partial charge is 0.305 e. The SMILES string of the molecule is Cc1ccc([C@@H](C)N[C@@H]2CCN(C)C2)s1. The molecule has 1 saturated heterocycles. The maximum atomic E-state index is 3.71. The molecule has 15 heavy (non-hydrogen) atoms. The molecule has 1 N–H and O–H groups in total. The van der Waals surface area contributed by atoms with E-state index in [9.17, 15) is 0 Å². The number of likely N-dealkylation sites (tertiary alicyclic amines) is 1. The van der Waals surface area contributed by atoms with E-state index in [-0.39, 0.29) is 0 Å². The third-order valence-electron chi connectivity index (χ3n) is 3.06. The van der Waals surface area contributed by atoms with Crippen molar-refractivity contribution in [2.45, 2.75) is 32.4 Å². The van der Waals surface area contributed by atoms with E-state index in [1.54, 1.807) is 0 Å². The van der Waals surface area contributed by atoms with Crippen molar-refractivity contribution in [2.75, 3.05) is 20.1 Å². The quantitative estimate of drug-likeness (QED) is 0.848. The first-order valence-electron chi connectivity index (χ1n) is 5.66. The van der Waals surface area contributed by atoms with E-state index >= 15 is 0 Å². The van der Waals surface area contributed by atoms with Crippen LogP contribution in [0.4, 0.5) is 0 Å². The number of hydrogen-bond acceptors (Lipinski definition) is 3. The fourth-order valence-corrected chi connectivity index (χ4v) is 3.08. The number of nitrogens with one attached hydrogen (secondary N) is 1. The van der Waals surface area contributed by atoms with Gasteiger partial charge in [-0.3, -0.25) is 0 Å². The molecule has 0 radical (unpaired) electrons. The molecular weight excluding hydrogens is 204 g/mol. The van der Waals surface area contributed by atoms with E-state index in [0.29, 0.717) is 12.1 Å². The van der Waals surface area contributed by atoms with Gasteiger partial charge in [0.15, 0.2) is 0 Å². The summed E-state index contributed by atoms with van der Waals surface area (Å²) in [5.41, 5.74) is 0. The van der Waals surface area contributed by atoms with Gasteiger partial charge in [-0.05, 0) is 46.0 Å². The molecule has 0 amide bonds. The van der Waals surface area contributed by atoms with Crippen LogP contribution in [0.1, 0.15) is 29.1 Å². The average Bonchev–Trinajstić information content (AvgIpc) is 2.75. The summed E-state index contributed by atoms with van der Waals surface area (Å²) in [6.07, 6.45) is 1.28. The molecule has 0 saturated carbocycles. The molecule has 2 heterocycles. The van der Waals surface area contributed by atoms with Gasteiger partial charge in [-0.2, -0.15) is 0 Å². The van der Waals surface area contributed by atoms with Crippen LogP contribution in [0.2, 0.25) is 0 Å². The van der Waals surface area contributed by atoms with E-state index in [0.717, 1.165) is 0 Å². The lowest BCUT2D eigenvalue weighted by molar-refractivity contribution is 0.388. The van der Waals surface area contributed by atoms with Crippen molar-refractivity contribution < 1.29 is 0 Å². The zero-order valence-electron chi connectivity index (χ0n) is 9.79. The van der Waals surface area contributed by atoms with Crippen LogP contribution in [0.15, 0.2) is 12.1 Å². The Morgan fingerprint density at radius 3 is 2.87 bits per heavy atom. The van der Waals surface area contributed by atoms with Crippen molar-refractivity contribution >= 4 is 11.3 Å². The Bertz CT molecular complexity index is 321. The van der Waals surface area contributed by atoms with Crippen molar-refractivity contribution in [3.05, 3.63) is 21.9 Å². The zero-order valence-corrected chi connectivity index (χ0v) is 10.6. The van der Waals surface area contributed by atoms with Gasteiger partial charge in [-0.1, -0.05) is 0 Å². The second kappa shape index (κ2) is 4.64. The van der Waals surface area contributed by atoms with Crippen LogP contribution in [0.5, 0.6) is 0 Å². The summed E-state index contributed by atoms with van der Waals surface area (Å²) >= 11 is 1.90. The molecule has 2 atom stereocenters. The molecule has 1 aliphatic rings. The Morgan fingerprint density at radius 2 is 2.33 bits per heavy atom. The van der Waals surface area contributed by atoms with Crippen molar-refractivity contribution in [3.8, 4) is 0 Å². The lowest BCUT2D eigenvalue weighted by Crippen LogP contribution is -2.33. The Kier molecular flexibility index (Phi) is 3.44. The molecule has 2 rings (SSSR count). The molecule has 0 bridgehead atoms. The van der Waals surface area contributed by atoms with Crippen LogP contribution in [0.25, 0.3) is 0 Å². The minimum atomic E-state index is 0.500. The topological polar surface area (TPSA) is 15.3 Å². The third-order valence-corrected chi connectivity index (χ3v) is 4.25. The van der Waals surface area contributed by atoms with E-state index in [1.807, 2.05) is 11.3 Å². The lowest BCUT2D eigenvalue weighted by Gasteiger charge is -2.18. The van der Waals surface area contributed by atoms with Gasteiger partial charge in [0, 0.05) is 28.4 Å². The fourth-order valence-electron chi connectivity index (χ4n) is 2.19. The molecule has 0 spiro atoms. The Hall–Kier alpha value is -0.380. The molecule has 0 unspecified atom stereocenters. The smallest absolute Gasteiger partial charge is 0.0388 e. The molecule has 0 aromatic carbocycles. The normalized spacial score (nSPS) is 24.6. The number of rotatable bonds is 3. The van der Waals surface area contributed by atoms with Crippen molar-refractivity contribution in [1.82, 2.24) is 10.2 Å². The first kappa shape index (κ1) is 11.1. The number of nitrogens with zero attached hydrogens (tertiary/aromatic N) is 1. The van der Waals surface area contributed by atoms with Gasteiger partial charge in [-0.25, -0.2) is 0 Å². The highest BCUT2D eigenvalue weighted by Crippen LogP contribution is 2.23. The summed E-state index contributed by atoms with van der Waals surface area (Å²) in [7, 11) is 2.20. The van der Waals surface area contributed by atoms with Crippen molar-refractivity contribution in [2.24, 2.45) is 0 Å². The molecule has 0 aliphatic carbocycles. The van der Waals surface area contributed by atoms with Crippen LogP contribution in [-0.2, 0) is 0 Å². The average molecular weight is 224 g/mol. The summed E-state index contributed by atoms with van der Waals surface area (Å²) in [5.74, 6) is 0. The van der Waals surface area contributed by atoms with E-state index in [2.05, 4.69) is 43.2 Å². The van der Waals surface area contributed by atoms with Gasteiger partial charge < -0.3 is 10.2 Å². The highest BCUT2D eigenvalue weighted by molar-refractivity contribution is 7.12. The Morgan fingerprint density at radius 1 is 1.53 bits per heavy atom. The van der Waals surface area contributed by atoms with E-state index < -0.39 is 0 Å². The van der Waals surface area contributed by atoms with Crippen LogP contribution >= 0.6 is 11.3 Å². The second-order valence-electron chi connectivity index (χ2n) is 4.58. The highest BCUT2D eigenvalue weighted by Gasteiger charge is 2.21. The van der Waals surface area contributed by atoms with Crippen molar-refractivity contribution in [1.29, 1.82) is 0 Å². The van der Waals surface area contributed by atoms with Gasteiger partial charge in [0.1, 0.15) is 0 Å². The third kappa shape index (κ3) is 2.80. The predicted octanol–water partition coefficient (Wildman–Crippen LogP) is 2.41. The van der Waals surface area contributed by atoms with Gasteiger partial charge >= 0.3 is 0 Å². The number of thiophene rings is 1. The summed E-state index contributed by atoms with van der Waals surface area (Å²) in [6, 6.07) is 5.63. The molecule has 3 heteroatoms. The predicted molar refractivity (Wildman–Crippen MR) is 66.5 cm³/mol. The minimum absolute atomic E-state index is 0.500. The summed E-state index contributed by atoms with van der Waals surface area (Å²) in [4.78, 5) is 5.26. The summed E-state index contributed by atoms with van der Waals surface area (Å²) in [6.45, 7) is 6.86. The molecule has 1 aliphatic heterocycles. The van der Waals surface area contributed by atoms with E-state index in [1.165, 1.54) is 29.3 Å². The Balaban J connectivity index is 1.89. The maximum absolute atomic E-state index is 3.71. The zero-order chi connectivity index (χ0) is 10.8. The Labute approximate surface area is 96.3 Å². The standard InChI is InChI=1S/C12H20N2S/c1-9-4-5-12(15-9)10(2)13-11-6-7-14(3)8-11/h4-5,10-11,13H,6-8H2,1-3H3/t10-,11-/m1/s1. The summed E-state index contributed by atoms with van der Waals surface area (Å²) in [5, 5.41) is 3.71. The van der Waals surface area contributed by atoms with Crippen LogP contribution < -0.4 is 5.32 Å². The van der Waals surface area contributed by atoms with Gasteiger partial charge in [0.25, 0.3) is 0 Å². The maximum Gasteiger partial charge on any atom is 0.0388 e. The number of aryl methyl sites for hydroxylation is 1. The van der Waals surface area contributed by atoms with Gasteiger partial charge in [-0.15, -0.1) is 11.3 Å². The first-order valence-corrected chi connectivity index (χ1v) is 6.47. The molecule has 2 nitrogen and oxygen atoms in total. The number of hydrogen-bond donors (Lipinski definition) is 1. The first-order chi connectivity index (χ1) is 7.15. The molecule has 1 fully saturated rings. The minimum Gasteiger partial charge on any atom is -0.305 e. The van der Waals surface area contributed by atoms with Crippen molar-refractivity contribution in [3.63, 3.8) is 0 Å². The van der Waals surface area contributed by atoms with Crippen LogP contribution in [0, 0.1) is 6.92 Å². The van der Waals surface area contributed by atoms with Gasteiger partial charge in [0.2, 0.25) is 0 Å². The molecule has 1 aromatic heterocycles. The monoisotopic (exact) mass is 224 g/mol. The second-order valence-corrected chi connectivity index (χ2v) is 5.90. The molecular formula is C12H20N2S. The molecule has 1 aromatic rings. The number of likely N-dealkylation sites (N-methyl/N-ethyl adjacent to an activating group) is 1. The van der Waals surface area contributed by atoms with Crippen LogP contribution in [-0.4, -0.2) is 31.1 Å². The fraction of sp³-hybridized carbons (Fsp3) is 0.667. The van der Waals surface area contributed by atoms with Crippen LogP contribution in [0.3, 0.4) is 0 Å². The van der Waals surface area contributed by atoms with E-state index in [4.69, 9.17) is 0 Å².